The number of anilines is 1. The minimum Gasteiger partial charge on any atom is -0.384 e. The van der Waals surface area contributed by atoms with Crippen molar-refractivity contribution in [1.29, 1.82) is 0 Å². The molecule has 3 nitrogen and oxygen atoms in total. The second kappa shape index (κ2) is 3.96. The summed E-state index contributed by atoms with van der Waals surface area (Å²) in [6.07, 6.45) is -3.10. The molecule has 0 aliphatic rings. The minimum atomic E-state index is -4.50. The van der Waals surface area contributed by atoms with E-state index in [2.05, 4.69) is 5.10 Å². The first-order valence-corrected chi connectivity index (χ1v) is 4.94. The highest BCUT2D eigenvalue weighted by molar-refractivity contribution is 6.31. The highest BCUT2D eigenvalue weighted by atomic mass is 35.5. The topological polar surface area (TPSA) is 43.8 Å². The number of halogens is 4. The van der Waals surface area contributed by atoms with E-state index >= 15 is 0 Å². The van der Waals surface area contributed by atoms with Crippen LogP contribution in [0.1, 0.15) is 5.56 Å². The van der Waals surface area contributed by atoms with E-state index in [1.807, 2.05) is 0 Å². The van der Waals surface area contributed by atoms with E-state index in [1.54, 1.807) is 0 Å². The first-order chi connectivity index (χ1) is 7.89. The number of hydrogen-bond acceptors (Lipinski definition) is 2. The average molecular weight is 262 g/mol. The van der Waals surface area contributed by atoms with Gasteiger partial charge in [0.2, 0.25) is 0 Å². The largest absolute Gasteiger partial charge is 0.417 e. The molecule has 0 unspecified atom stereocenters. The molecule has 0 aliphatic carbocycles. The minimum absolute atomic E-state index is 0.212. The monoisotopic (exact) mass is 261 g/mol. The Morgan fingerprint density at radius 1 is 1.24 bits per heavy atom. The quantitative estimate of drug-likeness (QED) is 0.857. The van der Waals surface area contributed by atoms with Crippen molar-refractivity contribution in [3.8, 4) is 5.69 Å². The lowest BCUT2D eigenvalue weighted by molar-refractivity contribution is -0.137. The van der Waals surface area contributed by atoms with Crippen LogP contribution in [0.25, 0.3) is 5.69 Å². The molecule has 0 radical (unpaired) electrons. The molecule has 0 saturated carbocycles. The van der Waals surface area contributed by atoms with Crippen LogP contribution < -0.4 is 5.73 Å². The van der Waals surface area contributed by atoms with Crippen molar-refractivity contribution in [1.82, 2.24) is 9.78 Å². The molecule has 90 valence electrons. The summed E-state index contributed by atoms with van der Waals surface area (Å²) >= 11 is 5.50. The van der Waals surface area contributed by atoms with E-state index in [0.29, 0.717) is 0 Å². The molecule has 0 fully saturated rings. The predicted octanol–water partition coefficient (Wildman–Crippen LogP) is 3.13. The zero-order valence-corrected chi connectivity index (χ0v) is 9.13. The Morgan fingerprint density at radius 3 is 2.47 bits per heavy atom. The molecule has 0 amide bonds. The van der Waals surface area contributed by atoms with E-state index in [1.165, 1.54) is 29.1 Å². The second-order valence-corrected chi connectivity index (χ2v) is 3.74. The van der Waals surface area contributed by atoms with Crippen molar-refractivity contribution in [3.05, 3.63) is 41.0 Å². The molecule has 0 spiro atoms. The summed E-state index contributed by atoms with van der Waals surface area (Å²) in [5, 5.41) is 3.47. The van der Waals surface area contributed by atoms with E-state index in [0.717, 1.165) is 6.07 Å². The average Bonchev–Trinajstić information content (AvgIpc) is 2.63. The van der Waals surface area contributed by atoms with Gasteiger partial charge in [-0.2, -0.15) is 18.3 Å². The van der Waals surface area contributed by atoms with Gasteiger partial charge in [-0.15, -0.1) is 0 Å². The van der Waals surface area contributed by atoms with E-state index < -0.39 is 11.7 Å². The number of nitrogen functional groups attached to an aromatic ring is 1. The summed E-state index contributed by atoms with van der Waals surface area (Å²) in [4.78, 5) is 0. The van der Waals surface area contributed by atoms with Gasteiger partial charge in [-0.25, -0.2) is 4.68 Å². The van der Waals surface area contributed by atoms with Gasteiger partial charge in [0.05, 0.1) is 22.5 Å². The Hall–Kier alpha value is -1.69. The molecule has 0 bridgehead atoms. The third-order valence-corrected chi connectivity index (χ3v) is 2.50. The van der Waals surface area contributed by atoms with Crippen LogP contribution in [-0.2, 0) is 6.18 Å². The summed E-state index contributed by atoms with van der Waals surface area (Å²) in [5.74, 6) is 0.250. The van der Waals surface area contributed by atoms with Crippen LogP contribution in [0.4, 0.5) is 19.0 Å². The zero-order valence-electron chi connectivity index (χ0n) is 8.37. The molecule has 17 heavy (non-hydrogen) atoms. The molecular weight excluding hydrogens is 255 g/mol. The maximum absolute atomic E-state index is 12.6. The van der Waals surface area contributed by atoms with Crippen LogP contribution in [0.5, 0.6) is 0 Å². The SMILES string of the molecule is Nc1ccnn1-c1ccc(Cl)c(C(F)(F)F)c1. The van der Waals surface area contributed by atoms with Crippen molar-refractivity contribution in [2.24, 2.45) is 0 Å². The van der Waals surface area contributed by atoms with Gasteiger partial charge in [-0.3, -0.25) is 0 Å². The van der Waals surface area contributed by atoms with Gasteiger partial charge in [0, 0.05) is 6.07 Å². The van der Waals surface area contributed by atoms with Crippen LogP contribution in [0.3, 0.4) is 0 Å². The fraction of sp³-hybridized carbons (Fsp3) is 0.100. The summed E-state index contributed by atoms with van der Waals surface area (Å²) in [5.41, 5.74) is 4.86. The summed E-state index contributed by atoms with van der Waals surface area (Å²) in [7, 11) is 0. The first-order valence-electron chi connectivity index (χ1n) is 4.56. The van der Waals surface area contributed by atoms with Crippen molar-refractivity contribution >= 4 is 17.4 Å². The van der Waals surface area contributed by atoms with Gasteiger partial charge in [0.1, 0.15) is 5.82 Å². The van der Waals surface area contributed by atoms with Crippen molar-refractivity contribution in [2.45, 2.75) is 6.18 Å². The number of nitrogens with zero attached hydrogens (tertiary/aromatic N) is 2. The molecule has 2 rings (SSSR count). The number of aromatic nitrogens is 2. The number of nitrogens with two attached hydrogens (primary N) is 1. The number of hydrogen-bond donors (Lipinski definition) is 1. The number of rotatable bonds is 1. The Bertz CT molecular complexity index is 548. The van der Waals surface area contributed by atoms with Gasteiger partial charge >= 0.3 is 6.18 Å². The highest BCUT2D eigenvalue weighted by Gasteiger charge is 2.33. The van der Waals surface area contributed by atoms with E-state index in [-0.39, 0.29) is 16.5 Å². The van der Waals surface area contributed by atoms with Crippen LogP contribution in [0.2, 0.25) is 5.02 Å². The van der Waals surface area contributed by atoms with Crippen molar-refractivity contribution < 1.29 is 13.2 Å². The summed E-state index contributed by atoms with van der Waals surface area (Å²) in [6, 6.07) is 4.98. The second-order valence-electron chi connectivity index (χ2n) is 3.33. The lowest BCUT2D eigenvalue weighted by atomic mass is 10.2. The standard InChI is InChI=1S/C10H7ClF3N3/c11-8-2-1-6(5-7(8)10(12,13)14)17-9(15)3-4-16-17/h1-5H,15H2. The fourth-order valence-corrected chi connectivity index (χ4v) is 1.62. The molecule has 0 saturated heterocycles. The maximum Gasteiger partial charge on any atom is 0.417 e. The van der Waals surface area contributed by atoms with Gasteiger partial charge in [-0.1, -0.05) is 11.6 Å². The number of alkyl halides is 3. The Kier molecular flexibility index (Phi) is 2.74. The summed E-state index contributed by atoms with van der Waals surface area (Å²) < 4.78 is 39.1. The third-order valence-electron chi connectivity index (χ3n) is 2.17. The number of benzene rings is 1. The van der Waals surface area contributed by atoms with Gasteiger partial charge in [0.15, 0.2) is 0 Å². The van der Waals surface area contributed by atoms with Crippen LogP contribution in [0, 0.1) is 0 Å². The molecule has 1 aromatic carbocycles. The van der Waals surface area contributed by atoms with E-state index in [4.69, 9.17) is 17.3 Å². The fourth-order valence-electron chi connectivity index (χ4n) is 1.39. The third kappa shape index (κ3) is 2.21. The van der Waals surface area contributed by atoms with Gasteiger partial charge in [-0.05, 0) is 18.2 Å². The molecule has 2 N–H and O–H groups in total. The Labute approximate surface area is 99.6 Å². The van der Waals surface area contributed by atoms with E-state index in [9.17, 15) is 13.2 Å². The molecule has 7 heteroatoms. The summed E-state index contributed by atoms with van der Waals surface area (Å²) in [6.45, 7) is 0. The molecule has 0 atom stereocenters. The molecule has 2 aromatic rings. The normalized spacial score (nSPS) is 11.8. The molecular formula is C10H7ClF3N3. The molecule has 1 aromatic heterocycles. The van der Waals surface area contributed by atoms with Crippen LogP contribution >= 0.6 is 11.6 Å². The zero-order chi connectivity index (χ0) is 12.6. The van der Waals surface area contributed by atoms with Gasteiger partial charge in [0.25, 0.3) is 0 Å². The molecule has 1 heterocycles. The van der Waals surface area contributed by atoms with Gasteiger partial charge < -0.3 is 5.73 Å². The van der Waals surface area contributed by atoms with Crippen LogP contribution in [-0.4, -0.2) is 9.78 Å². The Morgan fingerprint density at radius 2 is 1.94 bits per heavy atom. The van der Waals surface area contributed by atoms with Crippen molar-refractivity contribution in [3.63, 3.8) is 0 Å². The smallest absolute Gasteiger partial charge is 0.384 e. The lowest BCUT2D eigenvalue weighted by Crippen LogP contribution is -2.08. The van der Waals surface area contributed by atoms with Crippen LogP contribution in [0.15, 0.2) is 30.5 Å². The molecule has 0 aliphatic heterocycles. The Balaban J connectivity index is 2.56. The van der Waals surface area contributed by atoms with Crippen molar-refractivity contribution in [2.75, 3.05) is 5.73 Å². The predicted molar refractivity (Wildman–Crippen MR) is 58.0 cm³/mol. The first kappa shape index (κ1) is 11.8. The lowest BCUT2D eigenvalue weighted by Gasteiger charge is -2.11. The maximum atomic E-state index is 12.6. The highest BCUT2D eigenvalue weighted by Crippen LogP contribution is 2.35.